The molecule has 1 aromatic rings. The number of Topliss-reactive ketones (excluding diaryl/α,β-unsaturated/α-hetero) is 1. The van der Waals surface area contributed by atoms with Gasteiger partial charge in [-0.05, 0) is 44.5 Å². The highest BCUT2D eigenvalue weighted by molar-refractivity contribution is 7.54. The summed E-state index contributed by atoms with van der Waals surface area (Å²) in [5.74, 6) is 0.475. The fraction of sp³-hybridized carbons (Fsp3) is 0.588. The highest BCUT2D eigenvalue weighted by atomic mass is 31.2. The normalized spacial score (nSPS) is 11.4. The van der Waals surface area contributed by atoms with Gasteiger partial charge in [0.25, 0.3) is 0 Å². The summed E-state index contributed by atoms with van der Waals surface area (Å²) >= 11 is 0. The van der Waals surface area contributed by atoms with Gasteiger partial charge >= 0.3 is 7.60 Å². The van der Waals surface area contributed by atoms with Crippen molar-refractivity contribution in [1.82, 2.24) is 0 Å². The second kappa shape index (κ2) is 10.6. The van der Waals surface area contributed by atoms with Crippen LogP contribution in [0.25, 0.3) is 0 Å². The van der Waals surface area contributed by atoms with Gasteiger partial charge in [-0.25, -0.2) is 0 Å². The average molecular weight is 342 g/mol. The van der Waals surface area contributed by atoms with Crippen LogP contribution in [0.5, 0.6) is 5.75 Å². The van der Waals surface area contributed by atoms with Crippen LogP contribution in [0.1, 0.15) is 50.4 Å². The molecule has 0 saturated carbocycles. The van der Waals surface area contributed by atoms with Crippen molar-refractivity contribution in [2.45, 2.75) is 40.0 Å². The van der Waals surface area contributed by atoms with Gasteiger partial charge in [-0.3, -0.25) is 9.36 Å². The first-order valence-corrected chi connectivity index (χ1v) is 9.91. The van der Waals surface area contributed by atoms with Crippen molar-refractivity contribution < 1.29 is 23.1 Å². The molecule has 0 fully saturated rings. The Balaban J connectivity index is 2.60. The minimum atomic E-state index is -3.36. The van der Waals surface area contributed by atoms with E-state index in [1.807, 2.05) is 0 Å². The van der Waals surface area contributed by atoms with Crippen molar-refractivity contribution in [3.63, 3.8) is 0 Å². The molecule has 0 aliphatic rings. The zero-order chi connectivity index (χ0) is 17.1. The van der Waals surface area contributed by atoms with Crippen LogP contribution in [0, 0.1) is 0 Å². The molecule has 0 radical (unpaired) electrons. The molecule has 5 nitrogen and oxygen atoms in total. The minimum absolute atomic E-state index is 0.245. The van der Waals surface area contributed by atoms with Crippen LogP contribution in [0.15, 0.2) is 24.3 Å². The van der Waals surface area contributed by atoms with Gasteiger partial charge in [0.15, 0.2) is 5.78 Å². The molecular weight excluding hydrogens is 315 g/mol. The highest BCUT2D eigenvalue weighted by Gasteiger charge is 2.28. The first kappa shape index (κ1) is 19.9. The molecule has 0 N–H and O–H groups in total. The lowest BCUT2D eigenvalue weighted by molar-refractivity contribution is 0.100. The summed E-state index contributed by atoms with van der Waals surface area (Å²) in [6.45, 7) is 6.75. The number of ether oxygens (including phenoxy) is 1. The van der Waals surface area contributed by atoms with Crippen LogP contribution in [-0.2, 0) is 13.6 Å². The number of hydrogen-bond acceptors (Lipinski definition) is 5. The molecule has 0 aliphatic carbocycles. The fourth-order valence-electron chi connectivity index (χ4n) is 2.07. The first-order valence-electron chi connectivity index (χ1n) is 8.18. The quantitative estimate of drug-likeness (QED) is 0.313. The van der Waals surface area contributed by atoms with Crippen LogP contribution in [0.4, 0.5) is 0 Å². The molecule has 1 aromatic carbocycles. The van der Waals surface area contributed by atoms with Crippen LogP contribution in [-0.4, -0.2) is 31.8 Å². The predicted molar refractivity (Wildman–Crippen MR) is 91.5 cm³/mol. The molecule has 130 valence electrons. The van der Waals surface area contributed by atoms with Gasteiger partial charge in [0, 0.05) is 5.56 Å². The third-order valence-electron chi connectivity index (χ3n) is 3.18. The van der Waals surface area contributed by atoms with Crippen molar-refractivity contribution in [3.8, 4) is 5.75 Å². The molecule has 0 spiro atoms. The molecule has 0 bridgehead atoms. The molecule has 0 unspecified atom stereocenters. The summed E-state index contributed by atoms with van der Waals surface area (Å²) in [4.78, 5) is 12.2. The van der Waals surface area contributed by atoms with E-state index in [0.29, 0.717) is 12.2 Å². The molecule has 0 aliphatic heterocycles. The standard InChI is InChI=1S/C17H27O5P/c1-4-7-8-13-20-16-11-9-15(10-12-16)17(18)14-23(19,21-5-2)22-6-3/h9-12H,4-8,13-14H2,1-3H3. The van der Waals surface area contributed by atoms with Crippen LogP contribution >= 0.6 is 7.60 Å². The van der Waals surface area contributed by atoms with E-state index in [2.05, 4.69) is 6.92 Å². The number of ketones is 1. The molecule has 23 heavy (non-hydrogen) atoms. The average Bonchev–Trinajstić information content (AvgIpc) is 2.52. The van der Waals surface area contributed by atoms with E-state index >= 15 is 0 Å². The van der Waals surface area contributed by atoms with Crippen LogP contribution < -0.4 is 4.74 Å². The molecular formula is C17H27O5P. The second-order valence-electron chi connectivity index (χ2n) is 5.11. The third kappa shape index (κ3) is 7.30. The van der Waals surface area contributed by atoms with Gasteiger partial charge in [0.2, 0.25) is 0 Å². The van der Waals surface area contributed by atoms with Gasteiger partial charge in [0.05, 0.1) is 19.8 Å². The van der Waals surface area contributed by atoms with E-state index in [1.54, 1.807) is 38.1 Å². The van der Waals surface area contributed by atoms with Crippen LogP contribution in [0.2, 0.25) is 0 Å². The largest absolute Gasteiger partial charge is 0.494 e. The van der Waals surface area contributed by atoms with E-state index < -0.39 is 7.60 Å². The SMILES string of the molecule is CCCCCOc1ccc(C(=O)CP(=O)(OCC)OCC)cc1. The Hall–Kier alpha value is -1.16. The Morgan fingerprint density at radius 3 is 2.13 bits per heavy atom. The number of benzene rings is 1. The number of rotatable bonds is 12. The Labute approximate surface area is 138 Å². The predicted octanol–water partition coefficient (Wildman–Crippen LogP) is 4.70. The van der Waals surface area contributed by atoms with Crippen molar-refractivity contribution >= 4 is 13.4 Å². The van der Waals surface area contributed by atoms with Gasteiger partial charge in [-0.1, -0.05) is 19.8 Å². The molecule has 0 aromatic heterocycles. The molecule has 0 saturated heterocycles. The van der Waals surface area contributed by atoms with Gasteiger partial charge in [-0.2, -0.15) is 0 Å². The summed E-state index contributed by atoms with van der Waals surface area (Å²) in [5, 5.41) is 0. The lowest BCUT2D eigenvalue weighted by atomic mass is 10.1. The van der Waals surface area contributed by atoms with E-state index in [0.717, 1.165) is 25.0 Å². The van der Waals surface area contributed by atoms with Gasteiger partial charge < -0.3 is 13.8 Å². The number of hydrogen-bond donors (Lipinski definition) is 0. The second-order valence-corrected chi connectivity index (χ2v) is 7.16. The van der Waals surface area contributed by atoms with E-state index in [-0.39, 0.29) is 25.2 Å². The third-order valence-corrected chi connectivity index (χ3v) is 5.16. The summed E-state index contributed by atoms with van der Waals surface area (Å²) in [7, 11) is -3.36. The van der Waals surface area contributed by atoms with Crippen molar-refractivity contribution in [2.75, 3.05) is 26.0 Å². The number of carbonyl (C=O) groups is 1. The minimum Gasteiger partial charge on any atom is -0.494 e. The summed E-state index contributed by atoms with van der Waals surface area (Å²) < 4.78 is 28.3. The van der Waals surface area contributed by atoms with Gasteiger partial charge in [-0.15, -0.1) is 0 Å². The first-order chi connectivity index (χ1) is 11.0. The Kier molecular flexibility index (Phi) is 9.15. The summed E-state index contributed by atoms with van der Waals surface area (Å²) in [6, 6.07) is 6.87. The number of carbonyl (C=O) groups excluding carboxylic acids is 1. The highest BCUT2D eigenvalue weighted by Crippen LogP contribution is 2.48. The molecule has 0 amide bonds. The molecule has 1 rings (SSSR count). The Morgan fingerprint density at radius 1 is 1.00 bits per heavy atom. The molecule has 0 heterocycles. The van der Waals surface area contributed by atoms with E-state index in [9.17, 15) is 9.36 Å². The van der Waals surface area contributed by atoms with Crippen molar-refractivity contribution in [1.29, 1.82) is 0 Å². The van der Waals surface area contributed by atoms with Crippen LogP contribution in [0.3, 0.4) is 0 Å². The van der Waals surface area contributed by atoms with E-state index in [4.69, 9.17) is 13.8 Å². The fourth-order valence-corrected chi connectivity index (χ4v) is 3.65. The lowest BCUT2D eigenvalue weighted by Gasteiger charge is -2.16. The Bertz CT molecular complexity index is 502. The summed E-state index contributed by atoms with van der Waals surface area (Å²) in [5.41, 5.74) is 0.477. The summed E-state index contributed by atoms with van der Waals surface area (Å²) in [6.07, 6.45) is 3.06. The smallest absolute Gasteiger partial charge is 0.338 e. The molecule has 0 atom stereocenters. The monoisotopic (exact) mass is 342 g/mol. The maximum atomic E-state index is 12.4. The topological polar surface area (TPSA) is 61.8 Å². The van der Waals surface area contributed by atoms with Gasteiger partial charge in [0.1, 0.15) is 11.9 Å². The zero-order valence-electron chi connectivity index (χ0n) is 14.2. The lowest BCUT2D eigenvalue weighted by Crippen LogP contribution is -2.10. The van der Waals surface area contributed by atoms with Crippen molar-refractivity contribution in [3.05, 3.63) is 29.8 Å². The Morgan fingerprint density at radius 2 is 1.61 bits per heavy atom. The van der Waals surface area contributed by atoms with Crippen molar-refractivity contribution in [2.24, 2.45) is 0 Å². The molecule has 6 heteroatoms. The maximum Gasteiger partial charge on any atom is 0.338 e. The number of unbranched alkanes of at least 4 members (excludes halogenated alkanes) is 2. The zero-order valence-corrected chi connectivity index (χ0v) is 15.1. The van der Waals surface area contributed by atoms with E-state index in [1.165, 1.54) is 0 Å². The maximum absolute atomic E-state index is 12.4.